The molecule has 0 aliphatic rings. The summed E-state index contributed by atoms with van der Waals surface area (Å²) in [5.41, 5.74) is 4.62. The molecule has 0 saturated heterocycles. The van der Waals surface area contributed by atoms with Gasteiger partial charge in [-0.15, -0.1) is 0 Å². The number of rotatable bonds is 5. The van der Waals surface area contributed by atoms with E-state index in [1.54, 1.807) is 25.5 Å². The lowest BCUT2D eigenvalue weighted by Gasteiger charge is -2.07. The van der Waals surface area contributed by atoms with Gasteiger partial charge >= 0.3 is 0 Å². The third-order valence-electron chi connectivity index (χ3n) is 2.80. The summed E-state index contributed by atoms with van der Waals surface area (Å²) in [6, 6.07) is 11.1. The van der Waals surface area contributed by atoms with E-state index in [1.165, 1.54) is 0 Å². The predicted molar refractivity (Wildman–Crippen MR) is 91.6 cm³/mol. The Balaban J connectivity index is 2.05. The van der Waals surface area contributed by atoms with Crippen LogP contribution in [-0.2, 0) is 6.54 Å². The van der Waals surface area contributed by atoms with Gasteiger partial charge in [0.25, 0.3) is 0 Å². The van der Waals surface area contributed by atoms with Crippen molar-refractivity contribution in [2.75, 3.05) is 7.11 Å². The first kappa shape index (κ1) is 16.1. The number of nitrogens with zero attached hydrogens (tertiary/aromatic N) is 1. The lowest BCUT2D eigenvalue weighted by Crippen LogP contribution is -2.07. The van der Waals surface area contributed by atoms with Crippen molar-refractivity contribution in [3.63, 3.8) is 0 Å². The van der Waals surface area contributed by atoms with Crippen LogP contribution in [0.3, 0.4) is 0 Å². The van der Waals surface area contributed by atoms with Crippen LogP contribution in [0.1, 0.15) is 11.1 Å². The Morgan fingerprint density at radius 1 is 1.24 bits per heavy atom. The fourth-order valence-corrected chi connectivity index (χ4v) is 2.66. The van der Waals surface area contributed by atoms with E-state index in [4.69, 9.17) is 27.9 Å². The summed E-state index contributed by atoms with van der Waals surface area (Å²) >= 11 is 15.6. The number of hydrogen-bond donors (Lipinski definition) is 1. The standard InChI is InChI=1S/C15H13BrCl2N2O/c1-21-15-6-5-11(16)7-10(15)8-19-20-9-12-13(17)3-2-4-14(12)18/h2-8,20H,9H2,1H3/b19-8+. The molecule has 0 aliphatic heterocycles. The average molecular weight is 388 g/mol. The Kier molecular flexibility index (Phi) is 5.91. The second-order valence-corrected chi connectivity index (χ2v) is 5.91. The summed E-state index contributed by atoms with van der Waals surface area (Å²) < 4.78 is 6.23. The van der Waals surface area contributed by atoms with Crippen molar-refractivity contribution in [2.24, 2.45) is 5.10 Å². The molecule has 0 aromatic heterocycles. The Hall–Kier alpha value is -1.23. The molecule has 0 amide bonds. The van der Waals surface area contributed by atoms with Gasteiger partial charge < -0.3 is 10.2 Å². The maximum atomic E-state index is 6.09. The summed E-state index contributed by atoms with van der Waals surface area (Å²) in [6.45, 7) is 0.450. The van der Waals surface area contributed by atoms with E-state index >= 15 is 0 Å². The van der Waals surface area contributed by atoms with Crippen molar-refractivity contribution in [3.8, 4) is 5.75 Å². The Labute approximate surface area is 142 Å². The lowest BCUT2D eigenvalue weighted by atomic mass is 10.2. The van der Waals surface area contributed by atoms with Crippen LogP contribution in [-0.4, -0.2) is 13.3 Å². The molecule has 0 aliphatic carbocycles. The quantitative estimate of drug-likeness (QED) is 0.585. The molecular weight excluding hydrogens is 375 g/mol. The minimum absolute atomic E-state index is 0.450. The van der Waals surface area contributed by atoms with Gasteiger partial charge in [0.1, 0.15) is 5.75 Å². The van der Waals surface area contributed by atoms with Gasteiger partial charge in [-0.2, -0.15) is 5.10 Å². The minimum Gasteiger partial charge on any atom is -0.496 e. The summed E-state index contributed by atoms with van der Waals surface area (Å²) in [5.74, 6) is 0.750. The van der Waals surface area contributed by atoms with Crippen LogP contribution in [0.2, 0.25) is 10.0 Å². The zero-order chi connectivity index (χ0) is 15.2. The Morgan fingerprint density at radius 2 is 1.95 bits per heavy atom. The molecule has 21 heavy (non-hydrogen) atoms. The molecule has 0 bridgehead atoms. The molecule has 110 valence electrons. The molecular formula is C15H13BrCl2N2O. The average Bonchev–Trinajstić information content (AvgIpc) is 2.46. The smallest absolute Gasteiger partial charge is 0.127 e. The van der Waals surface area contributed by atoms with Gasteiger partial charge in [0.05, 0.1) is 19.9 Å². The van der Waals surface area contributed by atoms with E-state index < -0.39 is 0 Å². The molecule has 0 saturated carbocycles. The van der Waals surface area contributed by atoms with E-state index in [0.717, 1.165) is 21.3 Å². The van der Waals surface area contributed by atoms with E-state index in [2.05, 4.69) is 26.5 Å². The van der Waals surface area contributed by atoms with Crippen molar-refractivity contribution in [2.45, 2.75) is 6.54 Å². The van der Waals surface area contributed by atoms with Gasteiger partial charge in [0.15, 0.2) is 0 Å². The minimum atomic E-state index is 0.450. The highest BCUT2D eigenvalue weighted by Crippen LogP contribution is 2.24. The summed E-state index contributed by atoms with van der Waals surface area (Å²) in [7, 11) is 1.62. The number of ether oxygens (including phenoxy) is 1. The van der Waals surface area contributed by atoms with Crippen molar-refractivity contribution in [3.05, 3.63) is 62.0 Å². The van der Waals surface area contributed by atoms with Gasteiger partial charge in [-0.25, -0.2) is 0 Å². The maximum absolute atomic E-state index is 6.09. The monoisotopic (exact) mass is 386 g/mol. The third kappa shape index (κ3) is 4.37. The number of hydrogen-bond acceptors (Lipinski definition) is 3. The highest BCUT2D eigenvalue weighted by molar-refractivity contribution is 9.10. The highest BCUT2D eigenvalue weighted by atomic mass is 79.9. The molecule has 0 heterocycles. The molecule has 0 fully saturated rings. The Morgan fingerprint density at radius 3 is 2.62 bits per heavy atom. The Bertz CT molecular complexity index is 642. The molecule has 1 N–H and O–H groups in total. The fraction of sp³-hybridized carbons (Fsp3) is 0.133. The lowest BCUT2D eigenvalue weighted by molar-refractivity contribution is 0.414. The summed E-state index contributed by atoms with van der Waals surface area (Å²) in [5, 5.41) is 5.41. The van der Waals surface area contributed by atoms with Crippen LogP contribution >= 0.6 is 39.1 Å². The first-order chi connectivity index (χ1) is 10.1. The van der Waals surface area contributed by atoms with Gasteiger partial charge in [-0.05, 0) is 30.3 Å². The zero-order valence-electron chi connectivity index (χ0n) is 11.2. The van der Waals surface area contributed by atoms with Crippen LogP contribution < -0.4 is 10.2 Å². The normalized spacial score (nSPS) is 10.9. The maximum Gasteiger partial charge on any atom is 0.127 e. The molecule has 0 spiro atoms. The SMILES string of the molecule is COc1ccc(Br)cc1/C=N/NCc1c(Cl)cccc1Cl. The number of halogens is 3. The van der Waals surface area contributed by atoms with Gasteiger partial charge in [0, 0.05) is 25.6 Å². The summed E-state index contributed by atoms with van der Waals surface area (Å²) in [6.07, 6.45) is 1.69. The van der Waals surface area contributed by atoms with Crippen molar-refractivity contribution >= 4 is 45.3 Å². The third-order valence-corrected chi connectivity index (χ3v) is 4.01. The van der Waals surface area contributed by atoms with Gasteiger partial charge in [0.2, 0.25) is 0 Å². The molecule has 2 aromatic rings. The van der Waals surface area contributed by atoms with Crippen LogP contribution in [0.15, 0.2) is 46.0 Å². The topological polar surface area (TPSA) is 33.6 Å². The van der Waals surface area contributed by atoms with Crippen LogP contribution in [0.4, 0.5) is 0 Å². The molecule has 6 heteroatoms. The van der Waals surface area contributed by atoms with Gasteiger partial charge in [-0.3, -0.25) is 0 Å². The largest absolute Gasteiger partial charge is 0.496 e. The van der Waals surface area contributed by atoms with Crippen LogP contribution in [0, 0.1) is 0 Å². The van der Waals surface area contributed by atoms with E-state index in [0.29, 0.717) is 16.6 Å². The molecule has 0 radical (unpaired) electrons. The number of hydrazone groups is 1. The summed E-state index contributed by atoms with van der Waals surface area (Å²) in [4.78, 5) is 0. The molecule has 0 unspecified atom stereocenters. The molecule has 0 atom stereocenters. The van der Waals surface area contributed by atoms with Gasteiger partial charge in [-0.1, -0.05) is 45.2 Å². The fourth-order valence-electron chi connectivity index (χ4n) is 1.75. The second kappa shape index (κ2) is 7.69. The molecule has 3 nitrogen and oxygen atoms in total. The van der Waals surface area contributed by atoms with E-state index in [-0.39, 0.29) is 0 Å². The predicted octanol–water partition coefficient (Wildman–Crippen LogP) is 4.89. The van der Waals surface area contributed by atoms with Crippen molar-refractivity contribution in [1.29, 1.82) is 0 Å². The van der Waals surface area contributed by atoms with Crippen molar-refractivity contribution in [1.82, 2.24) is 5.43 Å². The van der Waals surface area contributed by atoms with E-state index in [1.807, 2.05) is 24.3 Å². The van der Waals surface area contributed by atoms with Crippen molar-refractivity contribution < 1.29 is 4.74 Å². The first-order valence-electron chi connectivity index (χ1n) is 6.14. The molecule has 2 rings (SSSR count). The highest BCUT2D eigenvalue weighted by Gasteiger charge is 2.04. The van der Waals surface area contributed by atoms with E-state index in [9.17, 15) is 0 Å². The number of nitrogens with one attached hydrogen (secondary N) is 1. The van der Waals surface area contributed by atoms with Crippen LogP contribution in [0.5, 0.6) is 5.75 Å². The zero-order valence-corrected chi connectivity index (χ0v) is 14.3. The van der Waals surface area contributed by atoms with Crippen LogP contribution in [0.25, 0.3) is 0 Å². The number of benzene rings is 2. The second-order valence-electron chi connectivity index (χ2n) is 4.18. The molecule has 2 aromatic carbocycles. The first-order valence-corrected chi connectivity index (χ1v) is 7.69. The number of methoxy groups -OCH3 is 1.